The predicted octanol–water partition coefficient (Wildman–Crippen LogP) is 0.0599. The van der Waals surface area contributed by atoms with Gasteiger partial charge >= 0.3 is 5.97 Å². The quantitative estimate of drug-likeness (QED) is 0.670. The van der Waals surface area contributed by atoms with Crippen LogP contribution in [-0.2, 0) is 13.1 Å². The van der Waals surface area contributed by atoms with Crippen molar-refractivity contribution < 1.29 is 9.90 Å². The molecule has 5 nitrogen and oxygen atoms in total. The van der Waals surface area contributed by atoms with Crippen LogP contribution in [0.4, 0.5) is 0 Å². The number of rotatable bonds is 3. The van der Waals surface area contributed by atoms with Crippen molar-refractivity contribution in [1.29, 1.82) is 0 Å². The monoisotopic (exact) mass is 169 g/mol. The van der Waals surface area contributed by atoms with E-state index in [1.807, 2.05) is 6.92 Å². The molecule has 0 aliphatic carbocycles. The first-order valence-corrected chi connectivity index (χ1v) is 3.68. The van der Waals surface area contributed by atoms with Gasteiger partial charge in [0.1, 0.15) is 0 Å². The molecule has 0 spiro atoms. The minimum atomic E-state index is -1.02. The average molecular weight is 169 g/mol. The van der Waals surface area contributed by atoms with E-state index in [9.17, 15) is 4.79 Å². The second kappa shape index (κ2) is 3.36. The molecule has 1 heterocycles. The van der Waals surface area contributed by atoms with Crippen molar-refractivity contribution in [3.63, 3.8) is 0 Å². The van der Waals surface area contributed by atoms with Gasteiger partial charge in [-0.2, -0.15) is 0 Å². The number of nitrogens with zero attached hydrogens (tertiary/aromatic N) is 2. The van der Waals surface area contributed by atoms with Crippen LogP contribution in [0.3, 0.4) is 0 Å². The number of carbonyl (C=O) groups is 1. The Balaban J connectivity index is 3.08. The first-order valence-electron chi connectivity index (χ1n) is 3.68. The fourth-order valence-electron chi connectivity index (χ4n) is 0.980. The second-order valence-electron chi connectivity index (χ2n) is 2.35. The highest BCUT2D eigenvalue weighted by molar-refractivity contribution is 5.83. The Morgan fingerprint density at radius 1 is 1.83 bits per heavy atom. The maximum absolute atomic E-state index is 10.6. The van der Waals surface area contributed by atoms with Crippen LogP contribution in [0.15, 0.2) is 6.20 Å². The molecule has 0 saturated heterocycles. The van der Waals surface area contributed by atoms with E-state index >= 15 is 0 Å². The lowest BCUT2D eigenvalue weighted by Gasteiger charge is -1.96. The van der Waals surface area contributed by atoms with E-state index in [0.717, 1.165) is 0 Å². The lowest BCUT2D eigenvalue weighted by molar-refractivity contribution is 0.0678. The van der Waals surface area contributed by atoms with E-state index in [4.69, 9.17) is 10.8 Å². The van der Waals surface area contributed by atoms with Gasteiger partial charge in [-0.25, -0.2) is 9.78 Å². The third-order valence-electron chi connectivity index (χ3n) is 1.57. The number of imidazole rings is 1. The first-order chi connectivity index (χ1) is 5.69. The highest BCUT2D eigenvalue weighted by Crippen LogP contribution is 2.02. The molecule has 1 aromatic rings. The molecule has 1 aromatic heterocycles. The lowest BCUT2D eigenvalue weighted by atomic mass is 10.5. The van der Waals surface area contributed by atoms with E-state index in [-0.39, 0.29) is 12.4 Å². The average Bonchev–Trinajstić information content (AvgIpc) is 2.47. The Kier molecular flexibility index (Phi) is 2.44. The van der Waals surface area contributed by atoms with Crippen LogP contribution in [-0.4, -0.2) is 20.6 Å². The summed E-state index contributed by atoms with van der Waals surface area (Å²) in [7, 11) is 0. The second-order valence-corrected chi connectivity index (χ2v) is 2.35. The van der Waals surface area contributed by atoms with Crippen molar-refractivity contribution in [2.45, 2.75) is 20.0 Å². The maximum atomic E-state index is 10.6. The summed E-state index contributed by atoms with van der Waals surface area (Å²) >= 11 is 0. The Labute approximate surface area is 69.8 Å². The highest BCUT2D eigenvalue weighted by Gasteiger charge is 2.11. The highest BCUT2D eigenvalue weighted by atomic mass is 16.4. The SMILES string of the molecule is CCn1cc(CN)nc1C(=O)O. The summed E-state index contributed by atoms with van der Waals surface area (Å²) in [6.07, 6.45) is 1.66. The van der Waals surface area contributed by atoms with Gasteiger partial charge in [0.05, 0.1) is 5.69 Å². The molecule has 66 valence electrons. The van der Waals surface area contributed by atoms with Crippen LogP contribution < -0.4 is 5.73 Å². The van der Waals surface area contributed by atoms with Crippen LogP contribution in [0.1, 0.15) is 23.2 Å². The number of aromatic nitrogens is 2. The summed E-state index contributed by atoms with van der Waals surface area (Å²) in [6.45, 7) is 2.72. The van der Waals surface area contributed by atoms with E-state index in [1.54, 1.807) is 10.8 Å². The molecular formula is C7H11N3O2. The molecular weight excluding hydrogens is 158 g/mol. The van der Waals surface area contributed by atoms with Gasteiger partial charge in [0.15, 0.2) is 0 Å². The molecule has 0 aliphatic heterocycles. The van der Waals surface area contributed by atoms with Gasteiger partial charge in [0.2, 0.25) is 5.82 Å². The maximum Gasteiger partial charge on any atom is 0.372 e. The third kappa shape index (κ3) is 1.45. The third-order valence-corrected chi connectivity index (χ3v) is 1.57. The lowest BCUT2D eigenvalue weighted by Crippen LogP contribution is -2.07. The number of nitrogens with two attached hydrogens (primary N) is 1. The van der Waals surface area contributed by atoms with Crippen LogP contribution in [0.2, 0.25) is 0 Å². The molecule has 0 bridgehead atoms. The van der Waals surface area contributed by atoms with Crippen LogP contribution >= 0.6 is 0 Å². The Bertz CT molecular complexity index is 293. The summed E-state index contributed by atoms with van der Waals surface area (Å²) in [6, 6.07) is 0. The molecule has 3 N–H and O–H groups in total. The summed E-state index contributed by atoms with van der Waals surface area (Å²) in [5.74, 6) is -0.963. The molecule has 1 rings (SSSR count). The summed E-state index contributed by atoms with van der Waals surface area (Å²) in [5.41, 5.74) is 5.92. The largest absolute Gasteiger partial charge is 0.475 e. The minimum absolute atomic E-state index is 0.0537. The molecule has 12 heavy (non-hydrogen) atoms. The van der Waals surface area contributed by atoms with Crippen molar-refractivity contribution in [2.24, 2.45) is 5.73 Å². The molecule has 0 radical (unpaired) electrons. The molecule has 0 saturated carbocycles. The molecule has 0 atom stereocenters. The van der Waals surface area contributed by atoms with Crippen molar-refractivity contribution >= 4 is 5.97 Å². The van der Waals surface area contributed by atoms with Gasteiger partial charge in [-0.15, -0.1) is 0 Å². The summed E-state index contributed by atoms with van der Waals surface area (Å²) in [4.78, 5) is 14.4. The van der Waals surface area contributed by atoms with Crippen molar-refractivity contribution in [1.82, 2.24) is 9.55 Å². The predicted molar refractivity (Wildman–Crippen MR) is 42.8 cm³/mol. The van der Waals surface area contributed by atoms with E-state index in [2.05, 4.69) is 4.98 Å². The molecule has 0 unspecified atom stereocenters. The number of aryl methyl sites for hydroxylation is 1. The normalized spacial score (nSPS) is 10.2. The Morgan fingerprint density at radius 3 is 2.83 bits per heavy atom. The smallest absolute Gasteiger partial charge is 0.372 e. The zero-order chi connectivity index (χ0) is 9.14. The zero-order valence-corrected chi connectivity index (χ0v) is 6.82. The van der Waals surface area contributed by atoms with Gasteiger partial charge in [-0.3, -0.25) is 0 Å². The number of carboxylic acids is 1. The van der Waals surface area contributed by atoms with E-state index in [1.165, 1.54) is 0 Å². The number of hydrogen-bond donors (Lipinski definition) is 2. The van der Waals surface area contributed by atoms with Gasteiger partial charge in [0.25, 0.3) is 0 Å². The van der Waals surface area contributed by atoms with Gasteiger partial charge in [-0.1, -0.05) is 0 Å². The molecule has 0 amide bonds. The van der Waals surface area contributed by atoms with Crippen LogP contribution in [0.25, 0.3) is 0 Å². The standard InChI is InChI=1S/C7H11N3O2/c1-2-10-4-5(3-8)9-6(10)7(11)12/h4H,2-3,8H2,1H3,(H,11,12). The van der Waals surface area contributed by atoms with Gasteiger partial charge < -0.3 is 15.4 Å². The molecule has 0 aromatic carbocycles. The van der Waals surface area contributed by atoms with Crippen molar-refractivity contribution in [2.75, 3.05) is 0 Å². The zero-order valence-electron chi connectivity index (χ0n) is 6.82. The van der Waals surface area contributed by atoms with E-state index in [0.29, 0.717) is 12.2 Å². The van der Waals surface area contributed by atoms with E-state index < -0.39 is 5.97 Å². The fraction of sp³-hybridized carbons (Fsp3) is 0.429. The Morgan fingerprint density at radius 2 is 2.50 bits per heavy atom. The molecule has 0 aliphatic rings. The molecule has 5 heteroatoms. The van der Waals surface area contributed by atoms with Gasteiger partial charge in [-0.05, 0) is 6.92 Å². The summed E-state index contributed by atoms with van der Waals surface area (Å²) < 4.78 is 1.56. The Hall–Kier alpha value is -1.36. The van der Waals surface area contributed by atoms with Crippen molar-refractivity contribution in [3.8, 4) is 0 Å². The minimum Gasteiger partial charge on any atom is -0.475 e. The summed E-state index contributed by atoms with van der Waals surface area (Å²) in [5, 5.41) is 8.68. The van der Waals surface area contributed by atoms with Crippen molar-refractivity contribution in [3.05, 3.63) is 17.7 Å². The number of carboxylic acid groups (broad SMARTS) is 1. The van der Waals surface area contributed by atoms with Crippen LogP contribution in [0, 0.1) is 0 Å². The number of hydrogen-bond acceptors (Lipinski definition) is 3. The number of aromatic carboxylic acids is 1. The first kappa shape index (κ1) is 8.73. The van der Waals surface area contributed by atoms with Gasteiger partial charge in [0, 0.05) is 19.3 Å². The fourth-order valence-corrected chi connectivity index (χ4v) is 0.980. The molecule has 0 fully saturated rings. The van der Waals surface area contributed by atoms with Crippen LogP contribution in [0.5, 0.6) is 0 Å². The topological polar surface area (TPSA) is 81.1 Å².